The Morgan fingerprint density at radius 1 is 1.07 bits per heavy atom. The number of nitrogens with zero attached hydrogens (tertiary/aromatic N) is 4. The molecular formula is C36H43N5O4. The Kier molecular flexibility index (Phi) is 11.5. The third-order valence-electron chi connectivity index (χ3n) is 8.20. The number of hydrogen-bond donors (Lipinski definition) is 1. The van der Waals surface area contributed by atoms with Crippen molar-refractivity contribution in [3.05, 3.63) is 120 Å². The minimum Gasteiger partial charge on any atom is -0.497 e. The molecule has 3 aromatic rings. The highest BCUT2D eigenvalue weighted by molar-refractivity contribution is 5.88. The summed E-state index contributed by atoms with van der Waals surface area (Å²) in [7, 11) is 3.35. The van der Waals surface area contributed by atoms with Gasteiger partial charge in [0, 0.05) is 33.1 Å². The Balaban J connectivity index is 1.69. The first-order valence-corrected chi connectivity index (χ1v) is 15.2. The highest BCUT2D eigenvalue weighted by atomic mass is 16.5. The maximum absolute atomic E-state index is 14.2. The SMILES string of the molecule is C=C(/C=C\C(=C/C)CNC(=O)N(C1CN(Cc2cccc3ccccc23)C(=O)[C@H](Cc2ccccc2)N1C=O)N(C)CC)OC. The number of carbonyl (C=O) groups is 3. The van der Waals surface area contributed by atoms with Gasteiger partial charge < -0.3 is 19.9 Å². The smallest absolute Gasteiger partial charge is 0.334 e. The third kappa shape index (κ3) is 7.99. The van der Waals surface area contributed by atoms with Crippen LogP contribution in [0.3, 0.4) is 0 Å². The zero-order valence-corrected chi connectivity index (χ0v) is 26.6. The van der Waals surface area contributed by atoms with E-state index in [0.717, 1.165) is 27.5 Å². The van der Waals surface area contributed by atoms with Crippen LogP contribution in [0.1, 0.15) is 25.0 Å². The fourth-order valence-corrected chi connectivity index (χ4v) is 5.54. The van der Waals surface area contributed by atoms with Crippen molar-refractivity contribution in [2.45, 2.75) is 39.0 Å². The van der Waals surface area contributed by atoms with E-state index in [0.29, 0.717) is 31.7 Å². The highest BCUT2D eigenvalue weighted by Gasteiger charge is 2.45. The summed E-state index contributed by atoms with van der Waals surface area (Å²) in [4.78, 5) is 44.2. The van der Waals surface area contributed by atoms with Crippen LogP contribution < -0.4 is 5.32 Å². The lowest BCUT2D eigenvalue weighted by atomic mass is 9.99. The third-order valence-corrected chi connectivity index (χ3v) is 8.20. The molecule has 236 valence electrons. The second-order valence-corrected chi connectivity index (χ2v) is 10.9. The van der Waals surface area contributed by atoms with E-state index >= 15 is 0 Å². The summed E-state index contributed by atoms with van der Waals surface area (Å²) in [5, 5.41) is 8.48. The number of urea groups is 1. The van der Waals surface area contributed by atoms with Crippen molar-refractivity contribution >= 4 is 29.1 Å². The van der Waals surface area contributed by atoms with Crippen molar-refractivity contribution in [1.29, 1.82) is 0 Å². The molecule has 1 aliphatic rings. The van der Waals surface area contributed by atoms with E-state index in [2.05, 4.69) is 18.0 Å². The number of piperazine rings is 1. The van der Waals surface area contributed by atoms with Crippen LogP contribution in [0.2, 0.25) is 0 Å². The molecule has 2 atom stereocenters. The molecule has 9 nitrogen and oxygen atoms in total. The van der Waals surface area contributed by atoms with Crippen molar-refractivity contribution in [3.63, 3.8) is 0 Å². The number of hydrazine groups is 1. The number of nitrogens with one attached hydrogen (secondary N) is 1. The summed E-state index contributed by atoms with van der Waals surface area (Å²) in [5.41, 5.74) is 2.78. The molecule has 4 rings (SSSR count). The van der Waals surface area contributed by atoms with E-state index in [4.69, 9.17) is 4.74 Å². The van der Waals surface area contributed by atoms with Gasteiger partial charge in [0.25, 0.3) is 0 Å². The van der Waals surface area contributed by atoms with Gasteiger partial charge >= 0.3 is 6.03 Å². The van der Waals surface area contributed by atoms with Gasteiger partial charge in [-0.1, -0.05) is 98.5 Å². The number of rotatable bonds is 13. The molecule has 9 heteroatoms. The summed E-state index contributed by atoms with van der Waals surface area (Å²) < 4.78 is 5.11. The second-order valence-electron chi connectivity index (χ2n) is 10.9. The second kappa shape index (κ2) is 15.7. The number of methoxy groups -OCH3 is 1. The van der Waals surface area contributed by atoms with Crippen molar-refractivity contribution in [2.24, 2.45) is 0 Å². The quantitative estimate of drug-likeness (QED) is 0.126. The molecule has 1 saturated heterocycles. The first-order valence-electron chi connectivity index (χ1n) is 15.2. The number of fused-ring (bicyclic) bond motifs is 1. The van der Waals surface area contributed by atoms with Crippen LogP contribution >= 0.6 is 0 Å². The van der Waals surface area contributed by atoms with Gasteiger partial charge in [-0.25, -0.2) is 14.8 Å². The van der Waals surface area contributed by atoms with Crippen LogP contribution in [0.15, 0.2) is 109 Å². The van der Waals surface area contributed by atoms with Gasteiger partial charge in [0.1, 0.15) is 18.0 Å². The first kappa shape index (κ1) is 33.0. The maximum atomic E-state index is 14.2. The van der Waals surface area contributed by atoms with Crippen LogP contribution in [0.5, 0.6) is 0 Å². The van der Waals surface area contributed by atoms with Gasteiger partial charge in [-0.2, -0.15) is 0 Å². The molecule has 1 N–H and O–H groups in total. The Bertz CT molecular complexity index is 1550. The van der Waals surface area contributed by atoms with Crippen LogP contribution in [-0.2, 0) is 27.3 Å². The van der Waals surface area contributed by atoms with Crippen LogP contribution in [0, 0.1) is 0 Å². The zero-order valence-electron chi connectivity index (χ0n) is 26.6. The largest absolute Gasteiger partial charge is 0.497 e. The number of hydrogen-bond acceptors (Lipinski definition) is 5. The fraction of sp³-hybridized carbons (Fsp3) is 0.306. The van der Waals surface area contributed by atoms with Crippen LogP contribution in [0.4, 0.5) is 4.79 Å². The average Bonchev–Trinajstić information content (AvgIpc) is 3.07. The molecule has 0 saturated carbocycles. The van der Waals surface area contributed by atoms with Crippen molar-refractivity contribution < 1.29 is 19.1 Å². The van der Waals surface area contributed by atoms with Crippen LogP contribution in [-0.4, -0.2) is 84.2 Å². The van der Waals surface area contributed by atoms with Crippen molar-refractivity contribution in [1.82, 2.24) is 25.1 Å². The van der Waals surface area contributed by atoms with E-state index in [1.807, 2.05) is 92.7 Å². The Hall–Kier alpha value is -4.89. The summed E-state index contributed by atoms with van der Waals surface area (Å²) in [6.45, 7) is 8.86. The predicted molar refractivity (Wildman–Crippen MR) is 178 cm³/mol. The van der Waals surface area contributed by atoms with E-state index in [9.17, 15) is 14.4 Å². The molecule has 0 spiro atoms. The van der Waals surface area contributed by atoms with Crippen molar-refractivity contribution in [3.8, 4) is 0 Å². The lowest BCUT2D eigenvalue weighted by Gasteiger charge is -2.50. The molecule has 0 aromatic heterocycles. The van der Waals surface area contributed by atoms with Gasteiger partial charge in [0.05, 0.1) is 13.7 Å². The Labute approximate surface area is 266 Å². The summed E-state index contributed by atoms with van der Waals surface area (Å²) in [6, 6.07) is 22.6. The van der Waals surface area contributed by atoms with Gasteiger partial charge in [0.2, 0.25) is 12.3 Å². The Morgan fingerprint density at radius 3 is 2.47 bits per heavy atom. The molecular weight excluding hydrogens is 566 g/mol. The van der Waals surface area contributed by atoms with E-state index < -0.39 is 12.2 Å². The molecule has 45 heavy (non-hydrogen) atoms. The van der Waals surface area contributed by atoms with Crippen LogP contribution in [0.25, 0.3) is 10.8 Å². The first-order chi connectivity index (χ1) is 21.8. The summed E-state index contributed by atoms with van der Waals surface area (Å²) >= 11 is 0. The van der Waals surface area contributed by atoms with Gasteiger partial charge in [-0.3, -0.25) is 9.59 Å². The van der Waals surface area contributed by atoms with E-state index in [-0.39, 0.29) is 25.0 Å². The predicted octanol–water partition coefficient (Wildman–Crippen LogP) is 5.12. The highest BCUT2D eigenvalue weighted by Crippen LogP contribution is 2.27. The molecule has 1 fully saturated rings. The van der Waals surface area contributed by atoms with Gasteiger partial charge in [-0.05, 0) is 40.5 Å². The van der Waals surface area contributed by atoms with E-state index in [1.54, 1.807) is 35.2 Å². The monoisotopic (exact) mass is 609 g/mol. The Morgan fingerprint density at radius 2 is 1.78 bits per heavy atom. The lowest BCUT2D eigenvalue weighted by molar-refractivity contribution is -0.165. The summed E-state index contributed by atoms with van der Waals surface area (Å²) in [6.07, 6.45) is 5.74. The number of allylic oxidation sites excluding steroid dienone is 2. The maximum Gasteiger partial charge on any atom is 0.334 e. The molecule has 0 aliphatic carbocycles. The van der Waals surface area contributed by atoms with Gasteiger partial charge in [-0.15, -0.1) is 0 Å². The minimum atomic E-state index is -0.798. The molecule has 0 bridgehead atoms. The van der Waals surface area contributed by atoms with Gasteiger partial charge in [0.15, 0.2) is 0 Å². The number of carbonyl (C=O) groups excluding carboxylic acids is 3. The fourth-order valence-electron chi connectivity index (χ4n) is 5.54. The number of benzene rings is 3. The molecule has 1 aliphatic heterocycles. The summed E-state index contributed by atoms with van der Waals surface area (Å²) in [5.74, 6) is 0.339. The lowest BCUT2D eigenvalue weighted by Crippen LogP contribution is -2.70. The molecule has 4 amide bonds. The number of ether oxygens (including phenoxy) is 1. The van der Waals surface area contributed by atoms with E-state index in [1.165, 1.54) is 4.90 Å². The topological polar surface area (TPSA) is 85.4 Å². The average molecular weight is 610 g/mol. The standard InChI is InChI=1S/C36H43N5O4/c1-6-28(21-20-27(3)45-5)23-37-36(44)41(38(4)7-2)34-25-39(24-31-18-13-17-30-16-11-12-19-32(30)31)35(43)33(40(34)26-42)22-29-14-9-8-10-15-29/h6,8-21,26,33-34H,3,7,22-25H2,1-2,4-5H3,(H,37,44)/b21-20-,28-6+/t33-,34?/m0/s1. The number of amides is 4. The molecule has 1 heterocycles. The minimum absolute atomic E-state index is 0.147. The molecule has 0 radical (unpaired) electrons. The molecule has 3 aromatic carbocycles. The zero-order chi connectivity index (χ0) is 32.3. The van der Waals surface area contributed by atoms with Crippen molar-refractivity contribution in [2.75, 3.05) is 33.8 Å². The molecule has 1 unspecified atom stereocenters. The normalized spacial score (nSPS) is 17.2.